The second-order valence-corrected chi connectivity index (χ2v) is 7.59. The van der Waals surface area contributed by atoms with Gasteiger partial charge in [-0.05, 0) is 48.9 Å². The molecule has 33 heavy (non-hydrogen) atoms. The fourth-order valence-corrected chi connectivity index (χ4v) is 3.32. The minimum Gasteiger partial charge on any atom is -0.497 e. The average molecular weight is 441 g/mol. The number of nitrogens with one attached hydrogen (secondary N) is 3. The highest BCUT2D eigenvalue weighted by Gasteiger charge is 2.13. The Kier molecular flexibility index (Phi) is 6.50. The first-order valence-corrected chi connectivity index (χ1v) is 10.5. The van der Waals surface area contributed by atoms with Gasteiger partial charge >= 0.3 is 0 Å². The second-order valence-electron chi connectivity index (χ2n) is 7.59. The van der Waals surface area contributed by atoms with Crippen molar-refractivity contribution in [3.63, 3.8) is 0 Å². The van der Waals surface area contributed by atoms with Crippen LogP contribution in [-0.2, 0) is 6.42 Å². The molecule has 1 aromatic heterocycles. The number of benzene rings is 3. The standard InChI is InChI=1S/C26H24N4O3/c1-17-7-11-19(12-8-17)27-21-5-3-4-6-22(21)29-26(32)23-16-25(31)30-24(28-23)15-18-9-13-20(33-2)14-10-18/h3-14,16,27H,15H2,1-2H3,(H,29,32)(H,28,30,31). The van der Waals surface area contributed by atoms with Crippen LogP contribution in [0.5, 0.6) is 5.75 Å². The van der Waals surface area contributed by atoms with Gasteiger partial charge in [0.1, 0.15) is 17.3 Å². The van der Waals surface area contributed by atoms with Crippen molar-refractivity contribution in [3.8, 4) is 5.75 Å². The summed E-state index contributed by atoms with van der Waals surface area (Å²) in [5.41, 5.74) is 3.98. The van der Waals surface area contributed by atoms with Gasteiger partial charge in [0.25, 0.3) is 11.5 Å². The van der Waals surface area contributed by atoms with Gasteiger partial charge in [0.15, 0.2) is 0 Å². The molecule has 4 aromatic rings. The van der Waals surface area contributed by atoms with E-state index in [4.69, 9.17) is 4.74 Å². The summed E-state index contributed by atoms with van der Waals surface area (Å²) in [4.78, 5) is 32.2. The van der Waals surface area contributed by atoms with Crippen LogP contribution in [0.4, 0.5) is 17.1 Å². The maximum Gasteiger partial charge on any atom is 0.274 e. The molecule has 0 spiro atoms. The highest BCUT2D eigenvalue weighted by Crippen LogP contribution is 2.26. The molecule has 0 saturated heterocycles. The minimum absolute atomic E-state index is 0.0485. The van der Waals surface area contributed by atoms with Gasteiger partial charge in [0, 0.05) is 18.2 Å². The first kappa shape index (κ1) is 21.8. The Morgan fingerprint density at radius 1 is 0.970 bits per heavy atom. The number of ether oxygens (including phenoxy) is 1. The lowest BCUT2D eigenvalue weighted by Crippen LogP contribution is -2.21. The summed E-state index contributed by atoms with van der Waals surface area (Å²) >= 11 is 0. The van der Waals surface area contributed by atoms with Gasteiger partial charge in [-0.2, -0.15) is 0 Å². The van der Waals surface area contributed by atoms with Crippen molar-refractivity contribution in [2.75, 3.05) is 17.7 Å². The number of carbonyl (C=O) groups is 1. The molecule has 166 valence electrons. The number of hydrogen-bond donors (Lipinski definition) is 3. The molecule has 7 nitrogen and oxygen atoms in total. The van der Waals surface area contributed by atoms with Gasteiger partial charge in [-0.15, -0.1) is 0 Å². The zero-order valence-electron chi connectivity index (χ0n) is 18.4. The van der Waals surface area contributed by atoms with E-state index in [0.29, 0.717) is 17.9 Å². The van der Waals surface area contributed by atoms with E-state index in [9.17, 15) is 9.59 Å². The topological polar surface area (TPSA) is 96.1 Å². The van der Waals surface area contributed by atoms with E-state index >= 15 is 0 Å². The summed E-state index contributed by atoms with van der Waals surface area (Å²) in [7, 11) is 1.60. The largest absolute Gasteiger partial charge is 0.497 e. The molecule has 1 amide bonds. The number of aryl methyl sites for hydroxylation is 1. The van der Waals surface area contributed by atoms with Crippen LogP contribution >= 0.6 is 0 Å². The van der Waals surface area contributed by atoms with Crippen molar-refractivity contribution in [1.82, 2.24) is 9.97 Å². The lowest BCUT2D eigenvalue weighted by molar-refractivity contribution is 0.102. The third-order valence-corrected chi connectivity index (χ3v) is 5.06. The smallest absolute Gasteiger partial charge is 0.274 e. The number of rotatable bonds is 7. The average Bonchev–Trinajstić information content (AvgIpc) is 2.82. The lowest BCUT2D eigenvalue weighted by Gasteiger charge is -2.13. The first-order chi connectivity index (χ1) is 16.0. The predicted octanol–water partition coefficient (Wildman–Crippen LogP) is 4.67. The molecule has 4 rings (SSSR count). The van der Waals surface area contributed by atoms with Crippen molar-refractivity contribution in [3.05, 3.63) is 112 Å². The summed E-state index contributed by atoms with van der Waals surface area (Å²) in [6, 6.07) is 24.0. The van der Waals surface area contributed by atoms with E-state index in [2.05, 4.69) is 20.6 Å². The van der Waals surface area contributed by atoms with Crippen molar-refractivity contribution in [2.24, 2.45) is 0 Å². The minimum atomic E-state index is -0.463. The third kappa shape index (κ3) is 5.65. The van der Waals surface area contributed by atoms with Gasteiger partial charge in [-0.3, -0.25) is 9.59 Å². The molecule has 0 unspecified atom stereocenters. The van der Waals surface area contributed by atoms with E-state index in [-0.39, 0.29) is 11.3 Å². The number of amides is 1. The van der Waals surface area contributed by atoms with Crippen LogP contribution in [0.3, 0.4) is 0 Å². The molecule has 1 heterocycles. The van der Waals surface area contributed by atoms with Crippen LogP contribution < -0.4 is 20.9 Å². The first-order valence-electron chi connectivity index (χ1n) is 10.5. The predicted molar refractivity (Wildman–Crippen MR) is 130 cm³/mol. The Morgan fingerprint density at radius 2 is 1.67 bits per heavy atom. The fraction of sp³-hybridized carbons (Fsp3) is 0.115. The Balaban J connectivity index is 1.53. The molecule has 0 atom stereocenters. The van der Waals surface area contributed by atoms with Crippen molar-refractivity contribution >= 4 is 23.0 Å². The molecule has 0 saturated carbocycles. The van der Waals surface area contributed by atoms with E-state index in [1.165, 1.54) is 6.07 Å². The third-order valence-electron chi connectivity index (χ3n) is 5.06. The highest BCUT2D eigenvalue weighted by molar-refractivity contribution is 6.04. The van der Waals surface area contributed by atoms with Crippen LogP contribution in [-0.4, -0.2) is 23.0 Å². The van der Waals surface area contributed by atoms with E-state index < -0.39 is 5.91 Å². The summed E-state index contributed by atoms with van der Waals surface area (Å²) in [5, 5.41) is 6.17. The number of nitrogens with zero attached hydrogens (tertiary/aromatic N) is 1. The molecule has 0 fully saturated rings. The van der Waals surface area contributed by atoms with Crippen molar-refractivity contribution in [2.45, 2.75) is 13.3 Å². The fourth-order valence-electron chi connectivity index (χ4n) is 3.32. The molecule has 0 aliphatic rings. The van der Waals surface area contributed by atoms with Gasteiger partial charge < -0.3 is 20.4 Å². The molecule has 0 bridgehead atoms. The Morgan fingerprint density at radius 3 is 2.36 bits per heavy atom. The zero-order valence-corrected chi connectivity index (χ0v) is 18.4. The normalized spacial score (nSPS) is 10.5. The van der Waals surface area contributed by atoms with E-state index in [1.54, 1.807) is 13.2 Å². The van der Waals surface area contributed by atoms with Crippen molar-refractivity contribution < 1.29 is 9.53 Å². The van der Waals surface area contributed by atoms with Gasteiger partial charge in [0.2, 0.25) is 0 Å². The molecule has 7 heteroatoms. The highest BCUT2D eigenvalue weighted by atomic mass is 16.5. The number of aromatic amines is 1. The van der Waals surface area contributed by atoms with Crippen LogP contribution in [0, 0.1) is 6.92 Å². The summed E-state index contributed by atoms with van der Waals surface area (Å²) in [6.45, 7) is 2.02. The van der Waals surface area contributed by atoms with Gasteiger partial charge in [-0.1, -0.05) is 42.0 Å². The molecular formula is C26H24N4O3. The number of aromatic nitrogens is 2. The molecular weight excluding hydrogens is 416 g/mol. The number of hydrogen-bond acceptors (Lipinski definition) is 5. The maximum atomic E-state index is 12.9. The number of para-hydroxylation sites is 2. The van der Waals surface area contributed by atoms with Crippen LogP contribution in [0.1, 0.15) is 27.4 Å². The van der Waals surface area contributed by atoms with Gasteiger partial charge in [0.05, 0.1) is 18.5 Å². The Bertz CT molecular complexity index is 1310. The molecule has 0 radical (unpaired) electrons. The molecule has 0 aliphatic carbocycles. The number of anilines is 3. The van der Waals surface area contributed by atoms with Crippen LogP contribution in [0.15, 0.2) is 83.7 Å². The monoisotopic (exact) mass is 440 g/mol. The van der Waals surface area contributed by atoms with E-state index in [1.807, 2.05) is 73.7 Å². The van der Waals surface area contributed by atoms with Crippen LogP contribution in [0.2, 0.25) is 0 Å². The zero-order chi connectivity index (χ0) is 23.2. The number of H-pyrrole nitrogens is 1. The van der Waals surface area contributed by atoms with Crippen LogP contribution in [0.25, 0.3) is 0 Å². The molecule has 0 aliphatic heterocycles. The molecule has 3 N–H and O–H groups in total. The summed E-state index contributed by atoms with van der Waals surface area (Å²) < 4.78 is 5.17. The Labute approximate surface area is 191 Å². The van der Waals surface area contributed by atoms with Gasteiger partial charge in [-0.25, -0.2) is 4.98 Å². The maximum absolute atomic E-state index is 12.9. The number of methoxy groups -OCH3 is 1. The molecule has 3 aromatic carbocycles. The quantitative estimate of drug-likeness (QED) is 0.388. The lowest BCUT2D eigenvalue weighted by atomic mass is 10.1. The summed E-state index contributed by atoms with van der Waals surface area (Å²) in [5.74, 6) is 0.686. The Hall–Kier alpha value is -4.39. The van der Waals surface area contributed by atoms with E-state index in [0.717, 1.165) is 28.3 Å². The summed E-state index contributed by atoms with van der Waals surface area (Å²) in [6.07, 6.45) is 0.381. The number of carbonyl (C=O) groups excluding carboxylic acids is 1. The second kappa shape index (κ2) is 9.82. The SMILES string of the molecule is COc1ccc(Cc2nc(C(=O)Nc3ccccc3Nc3ccc(C)cc3)cc(=O)[nH]2)cc1. The van der Waals surface area contributed by atoms with Crippen molar-refractivity contribution in [1.29, 1.82) is 0 Å².